The number of carbonyl (C=O) groups is 2. The van der Waals surface area contributed by atoms with Gasteiger partial charge in [0.05, 0.1) is 6.61 Å². The molecule has 1 heterocycles. The third kappa shape index (κ3) is 4.01. The molecule has 1 aromatic carbocycles. The molecule has 0 aliphatic rings. The van der Waals surface area contributed by atoms with Gasteiger partial charge in [0, 0.05) is 27.1 Å². The van der Waals surface area contributed by atoms with Crippen molar-refractivity contribution in [2.24, 2.45) is 0 Å². The number of nitriles is 1. The zero-order valence-corrected chi connectivity index (χ0v) is 14.5. The van der Waals surface area contributed by atoms with Crippen molar-refractivity contribution in [3.8, 4) is 6.07 Å². The molecule has 2 rings (SSSR count). The Labute approximate surface area is 146 Å². The van der Waals surface area contributed by atoms with E-state index in [0.717, 1.165) is 15.4 Å². The first-order chi connectivity index (χ1) is 11.0. The van der Waals surface area contributed by atoms with Crippen LogP contribution in [0.5, 0.6) is 0 Å². The SMILES string of the molecule is CCOC(=O)Cn1cc(C=C(C#N)C(=O)Cl)c2cc(Br)ccc21. The summed E-state index contributed by atoms with van der Waals surface area (Å²) in [5, 5.41) is 8.95. The molecule has 0 unspecified atom stereocenters. The molecule has 118 valence electrons. The fourth-order valence-electron chi connectivity index (χ4n) is 2.18. The van der Waals surface area contributed by atoms with Crippen LogP contribution in [-0.2, 0) is 20.9 Å². The summed E-state index contributed by atoms with van der Waals surface area (Å²) in [7, 11) is 0. The van der Waals surface area contributed by atoms with Crippen molar-refractivity contribution in [1.29, 1.82) is 5.26 Å². The lowest BCUT2D eigenvalue weighted by atomic mass is 10.1. The fourth-order valence-corrected chi connectivity index (χ4v) is 2.63. The Kier molecular flexibility index (Phi) is 5.59. The normalized spacial score (nSPS) is 11.3. The van der Waals surface area contributed by atoms with Gasteiger partial charge in [0.25, 0.3) is 5.24 Å². The van der Waals surface area contributed by atoms with Gasteiger partial charge in [-0.25, -0.2) is 0 Å². The van der Waals surface area contributed by atoms with Crippen LogP contribution in [0, 0.1) is 11.3 Å². The Morgan fingerprint density at radius 3 is 2.83 bits per heavy atom. The Morgan fingerprint density at radius 1 is 1.48 bits per heavy atom. The van der Waals surface area contributed by atoms with Crippen LogP contribution in [0.1, 0.15) is 12.5 Å². The molecule has 5 nitrogen and oxygen atoms in total. The van der Waals surface area contributed by atoms with Crippen molar-refractivity contribution in [3.63, 3.8) is 0 Å². The molecule has 0 bridgehead atoms. The summed E-state index contributed by atoms with van der Waals surface area (Å²) >= 11 is 8.77. The molecule has 0 aliphatic carbocycles. The first-order valence-corrected chi connectivity index (χ1v) is 7.89. The second-order valence-electron chi connectivity index (χ2n) is 4.62. The van der Waals surface area contributed by atoms with E-state index < -0.39 is 5.24 Å². The molecule has 0 saturated carbocycles. The molecule has 0 fully saturated rings. The van der Waals surface area contributed by atoms with Gasteiger partial charge in [-0.1, -0.05) is 15.9 Å². The van der Waals surface area contributed by atoms with Crippen molar-refractivity contribution in [2.45, 2.75) is 13.5 Å². The van der Waals surface area contributed by atoms with Crippen LogP contribution in [0.3, 0.4) is 0 Å². The van der Waals surface area contributed by atoms with E-state index in [1.54, 1.807) is 23.8 Å². The van der Waals surface area contributed by atoms with Crippen molar-refractivity contribution >= 4 is 55.7 Å². The molecular weight excluding hydrogens is 384 g/mol. The smallest absolute Gasteiger partial charge is 0.325 e. The van der Waals surface area contributed by atoms with Gasteiger partial charge in [-0.3, -0.25) is 9.59 Å². The van der Waals surface area contributed by atoms with E-state index in [0.29, 0.717) is 12.2 Å². The number of carbonyl (C=O) groups excluding carboxylic acids is 2. The summed E-state index contributed by atoms with van der Waals surface area (Å²) in [6.45, 7) is 2.08. The van der Waals surface area contributed by atoms with Crippen LogP contribution in [0.25, 0.3) is 17.0 Å². The van der Waals surface area contributed by atoms with Crippen molar-refractivity contribution < 1.29 is 14.3 Å². The number of fused-ring (bicyclic) bond motifs is 1. The summed E-state index contributed by atoms with van der Waals surface area (Å²) < 4.78 is 7.50. The van der Waals surface area contributed by atoms with Gasteiger partial charge < -0.3 is 9.30 Å². The molecule has 0 N–H and O–H groups in total. The highest BCUT2D eigenvalue weighted by atomic mass is 79.9. The Balaban J connectivity index is 2.57. The Bertz CT molecular complexity index is 849. The predicted molar refractivity (Wildman–Crippen MR) is 90.7 cm³/mol. The molecule has 1 aromatic heterocycles. The third-order valence-electron chi connectivity index (χ3n) is 3.11. The molecule has 23 heavy (non-hydrogen) atoms. The van der Waals surface area contributed by atoms with Gasteiger partial charge in [0.2, 0.25) is 0 Å². The number of allylic oxidation sites excluding steroid dienone is 1. The van der Waals surface area contributed by atoms with Crippen LogP contribution in [-0.4, -0.2) is 22.4 Å². The van der Waals surface area contributed by atoms with Gasteiger partial charge in [-0.15, -0.1) is 0 Å². The second kappa shape index (κ2) is 7.44. The topological polar surface area (TPSA) is 72.1 Å². The standard InChI is InChI=1S/C16H12BrClN2O3/c1-2-23-15(21)9-20-8-11(5-10(7-19)16(18)22)13-6-12(17)3-4-14(13)20/h3-6,8H,2,9H2,1H3. The quantitative estimate of drug-likeness (QED) is 0.335. The summed E-state index contributed by atoms with van der Waals surface area (Å²) in [6.07, 6.45) is 3.09. The van der Waals surface area contributed by atoms with E-state index in [9.17, 15) is 9.59 Å². The number of benzene rings is 1. The summed E-state index contributed by atoms with van der Waals surface area (Å²) in [4.78, 5) is 23.0. The van der Waals surface area contributed by atoms with E-state index in [2.05, 4.69) is 15.9 Å². The summed E-state index contributed by atoms with van der Waals surface area (Å²) in [5.74, 6) is -0.364. The van der Waals surface area contributed by atoms with Gasteiger partial charge in [0.15, 0.2) is 0 Å². The number of esters is 1. The summed E-state index contributed by atoms with van der Waals surface area (Å²) in [6, 6.07) is 7.29. The van der Waals surface area contributed by atoms with E-state index in [-0.39, 0.29) is 18.1 Å². The Morgan fingerprint density at radius 2 is 2.22 bits per heavy atom. The lowest BCUT2D eigenvalue weighted by Gasteiger charge is -2.04. The van der Waals surface area contributed by atoms with Crippen LogP contribution in [0.15, 0.2) is 34.4 Å². The van der Waals surface area contributed by atoms with Gasteiger partial charge >= 0.3 is 5.97 Å². The highest BCUT2D eigenvalue weighted by molar-refractivity contribution is 9.10. The summed E-state index contributed by atoms with van der Waals surface area (Å²) in [5.41, 5.74) is 1.24. The van der Waals surface area contributed by atoms with E-state index >= 15 is 0 Å². The van der Waals surface area contributed by atoms with Gasteiger partial charge in [0.1, 0.15) is 18.2 Å². The Hall–Kier alpha value is -2.10. The van der Waals surface area contributed by atoms with E-state index in [1.165, 1.54) is 6.08 Å². The number of rotatable bonds is 5. The predicted octanol–water partition coefficient (Wildman–Crippen LogP) is 3.64. The zero-order valence-electron chi connectivity index (χ0n) is 12.2. The molecular formula is C16H12BrClN2O3. The second-order valence-corrected chi connectivity index (χ2v) is 5.88. The monoisotopic (exact) mass is 394 g/mol. The maximum atomic E-state index is 11.7. The first-order valence-electron chi connectivity index (χ1n) is 6.72. The van der Waals surface area contributed by atoms with Crippen molar-refractivity contribution in [1.82, 2.24) is 4.57 Å². The van der Waals surface area contributed by atoms with Crippen LogP contribution >= 0.6 is 27.5 Å². The third-order valence-corrected chi connectivity index (χ3v) is 3.81. The molecule has 0 atom stereocenters. The average Bonchev–Trinajstić information content (AvgIpc) is 2.81. The molecule has 7 heteroatoms. The maximum Gasteiger partial charge on any atom is 0.325 e. The zero-order chi connectivity index (χ0) is 17.0. The largest absolute Gasteiger partial charge is 0.465 e. The van der Waals surface area contributed by atoms with Gasteiger partial charge in [-0.05, 0) is 42.8 Å². The minimum absolute atomic E-state index is 0.0382. The number of nitrogens with zero attached hydrogens (tertiary/aromatic N) is 2. The fraction of sp³-hybridized carbons (Fsp3) is 0.188. The number of hydrogen-bond donors (Lipinski definition) is 0. The van der Waals surface area contributed by atoms with Crippen molar-refractivity contribution in [2.75, 3.05) is 6.61 Å². The van der Waals surface area contributed by atoms with E-state index in [1.807, 2.05) is 18.2 Å². The van der Waals surface area contributed by atoms with Crippen molar-refractivity contribution in [3.05, 3.63) is 40.0 Å². The first kappa shape index (κ1) is 17.3. The molecule has 2 aromatic rings. The number of halogens is 2. The molecule has 0 aliphatic heterocycles. The van der Waals surface area contributed by atoms with Crippen LogP contribution in [0.4, 0.5) is 0 Å². The lowest BCUT2D eigenvalue weighted by Crippen LogP contribution is -2.12. The molecule has 0 amide bonds. The minimum atomic E-state index is -0.825. The highest BCUT2D eigenvalue weighted by Gasteiger charge is 2.13. The van der Waals surface area contributed by atoms with Crippen LogP contribution in [0.2, 0.25) is 0 Å². The number of hydrogen-bond acceptors (Lipinski definition) is 4. The highest BCUT2D eigenvalue weighted by Crippen LogP contribution is 2.27. The minimum Gasteiger partial charge on any atom is -0.465 e. The van der Waals surface area contributed by atoms with E-state index in [4.69, 9.17) is 21.6 Å². The molecule has 0 saturated heterocycles. The number of aromatic nitrogens is 1. The molecule has 0 spiro atoms. The number of ether oxygens (including phenoxy) is 1. The molecule has 0 radical (unpaired) electrons. The van der Waals surface area contributed by atoms with Gasteiger partial charge in [-0.2, -0.15) is 5.26 Å². The average molecular weight is 396 g/mol. The van der Waals surface area contributed by atoms with Crippen LogP contribution < -0.4 is 0 Å². The maximum absolute atomic E-state index is 11.7. The lowest BCUT2D eigenvalue weighted by molar-refractivity contribution is -0.143.